The Morgan fingerprint density at radius 3 is 2.62 bits per heavy atom. The quantitative estimate of drug-likeness (QED) is 0.609. The number of fused-ring (bicyclic) bond motifs is 1. The van der Waals surface area contributed by atoms with Crippen molar-refractivity contribution in [2.75, 3.05) is 14.2 Å². The minimum atomic E-state index is -0.261. The molecule has 1 amide bonds. The van der Waals surface area contributed by atoms with Gasteiger partial charge in [-0.2, -0.15) is 0 Å². The van der Waals surface area contributed by atoms with Crippen molar-refractivity contribution >= 4 is 17.1 Å². The number of methoxy groups -OCH3 is 2. The second-order valence-corrected chi connectivity index (χ2v) is 8.28. The number of ether oxygens (including phenoxy) is 2. The average molecular weight is 439 g/mol. The first-order chi connectivity index (χ1) is 15.5. The van der Waals surface area contributed by atoms with Crippen molar-refractivity contribution in [1.29, 1.82) is 0 Å². The van der Waals surface area contributed by atoms with Crippen LogP contribution in [0.4, 0.5) is 0 Å². The normalized spacial score (nSPS) is 15.5. The van der Waals surface area contributed by atoms with Crippen molar-refractivity contribution < 1.29 is 14.3 Å². The van der Waals surface area contributed by atoms with Crippen LogP contribution in [0.15, 0.2) is 41.3 Å². The zero-order valence-corrected chi connectivity index (χ0v) is 18.8. The van der Waals surface area contributed by atoms with Gasteiger partial charge in [-0.1, -0.05) is 25.3 Å². The maximum atomic E-state index is 13.3. The summed E-state index contributed by atoms with van der Waals surface area (Å²) in [5, 5.41) is 2.99. The van der Waals surface area contributed by atoms with Gasteiger partial charge in [0.05, 0.1) is 25.8 Å². The lowest BCUT2D eigenvalue weighted by molar-refractivity contribution is -0.122. The van der Waals surface area contributed by atoms with Gasteiger partial charge in [0.15, 0.2) is 17.1 Å². The molecule has 3 aromatic rings. The monoisotopic (exact) mass is 438 g/mol. The Hall–Kier alpha value is -3.29. The molecule has 1 atom stereocenters. The molecule has 1 aromatic carbocycles. The Morgan fingerprint density at radius 1 is 1.16 bits per heavy atom. The van der Waals surface area contributed by atoms with E-state index in [9.17, 15) is 9.59 Å². The van der Waals surface area contributed by atoms with Gasteiger partial charge in [-0.05, 0) is 49.6 Å². The summed E-state index contributed by atoms with van der Waals surface area (Å²) in [7, 11) is 3.16. The van der Waals surface area contributed by atoms with Crippen LogP contribution in [-0.2, 0) is 11.3 Å². The van der Waals surface area contributed by atoms with Crippen LogP contribution in [0.3, 0.4) is 0 Å². The van der Waals surface area contributed by atoms with Gasteiger partial charge < -0.3 is 14.8 Å². The van der Waals surface area contributed by atoms with Gasteiger partial charge in [-0.3, -0.25) is 13.9 Å². The maximum absolute atomic E-state index is 13.3. The van der Waals surface area contributed by atoms with E-state index in [1.54, 1.807) is 31.0 Å². The Morgan fingerprint density at radius 2 is 1.91 bits per heavy atom. The first-order valence-corrected chi connectivity index (χ1v) is 11.1. The third-order valence-electron chi connectivity index (χ3n) is 6.25. The van der Waals surface area contributed by atoms with E-state index in [-0.39, 0.29) is 30.2 Å². The minimum absolute atomic E-state index is 0.0572. The van der Waals surface area contributed by atoms with Gasteiger partial charge in [0.2, 0.25) is 5.91 Å². The molecular weight excluding hydrogens is 408 g/mol. The number of benzene rings is 1. The van der Waals surface area contributed by atoms with E-state index in [1.165, 1.54) is 11.0 Å². The summed E-state index contributed by atoms with van der Waals surface area (Å²) >= 11 is 0. The molecule has 32 heavy (non-hydrogen) atoms. The summed E-state index contributed by atoms with van der Waals surface area (Å²) in [6.45, 7) is 1.84. The van der Waals surface area contributed by atoms with Crippen LogP contribution in [0.25, 0.3) is 11.2 Å². The zero-order valence-electron chi connectivity index (χ0n) is 18.8. The van der Waals surface area contributed by atoms with Crippen LogP contribution < -0.4 is 20.5 Å². The standard InChI is InChI=1S/C24H30N4O4/c1-16(17-11-12-20(31-2)21(14-17)32-3)26-22(29)15-27-19-10-7-13-25-23(19)28(24(27)30)18-8-5-4-6-9-18/h7,10-14,16,18H,4-6,8-9,15H2,1-3H3,(H,26,29)/t16-/m0/s1. The summed E-state index contributed by atoms with van der Waals surface area (Å²) in [4.78, 5) is 30.7. The molecule has 0 unspecified atom stereocenters. The number of rotatable bonds is 7. The number of carbonyl (C=O) groups excluding carboxylic acids is 1. The lowest BCUT2D eigenvalue weighted by Gasteiger charge is -2.22. The van der Waals surface area contributed by atoms with E-state index >= 15 is 0 Å². The van der Waals surface area contributed by atoms with Gasteiger partial charge in [-0.25, -0.2) is 9.78 Å². The molecule has 4 rings (SSSR count). The fourth-order valence-corrected chi connectivity index (χ4v) is 4.57. The summed E-state index contributed by atoms with van der Waals surface area (Å²) in [6, 6.07) is 9.07. The van der Waals surface area contributed by atoms with E-state index in [0.29, 0.717) is 22.7 Å². The molecule has 0 radical (unpaired) electrons. The molecule has 8 heteroatoms. The molecule has 8 nitrogen and oxygen atoms in total. The van der Waals surface area contributed by atoms with Gasteiger partial charge in [0.1, 0.15) is 6.54 Å². The number of amides is 1. The highest BCUT2D eigenvalue weighted by Gasteiger charge is 2.24. The van der Waals surface area contributed by atoms with Gasteiger partial charge >= 0.3 is 5.69 Å². The zero-order chi connectivity index (χ0) is 22.7. The van der Waals surface area contributed by atoms with E-state index in [0.717, 1.165) is 31.2 Å². The number of nitrogens with zero attached hydrogens (tertiary/aromatic N) is 3. The number of nitrogens with one attached hydrogen (secondary N) is 1. The maximum Gasteiger partial charge on any atom is 0.331 e. The largest absolute Gasteiger partial charge is 0.493 e. The van der Waals surface area contributed by atoms with Crippen molar-refractivity contribution in [1.82, 2.24) is 19.4 Å². The molecule has 1 saturated carbocycles. The van der Waals surface area contributed by atoms with Crippen LogP contribution in [0, 0.1) is 0 Å². The van der Waals surface area contributed by atoms with Crippen molar-refractivity contribution in [2.45, 2.75) is 57.7 Å². The highest BCUT2D eigenvalue weighted by molar-refractivity contribution is 5.79. The third kappa shape index (κ3) is 4.22. The second-order valence-electron chi connectivity index (χ2n) is 8.28. The van der Waals surface area contributed by atoms with Crippen molar-refractivity contribution in [3.05, 3.63) is 52.6 Å². The summed E-state index contributed by atoms with van der Waals surface area (Å²) in [5.74, 6) is 0.995. The Bertz CT molecular complexity index is 1160. The van der Waals surface area contributed by atoms with E-state index < -0.39 is 0 Å². The lowest BCUT2D eigenvalue weighted by atomic mass is 9.95. The molecule has 1 N–H and O–H groups in total. The molecule has 1 aliphatic carbocycles. The Kier molecular flexibility index (Phi) is 6.48. The SMILES string of the molecule is COc1ccc([C@H](C)NC(=O)Cn2c(=O)n(C3CCCCC3)c3ncccc32)cc1OC. The molecule has 0 aliphatic heterocycles. The molecule has 170 valence electrons. The number of aromatic nitrogens is 3. The number of pyridine rings is 1. The number of hydrogen-bond acceptors (Lipinski definition) is 5. The smallest absolute Gasteiger partial charge is 0.331 e. The van der Waals surface area contributed by atoms with E-state index in [2.05, 4.69) is 10.3 Å². The third-order valence-corrected chi connectivity index (χ3v) is 6.25. The highest BCUT2D eigenvalue weighted by Crippen LogP contribution is 2.30. The van der Waals surface area contributed by atoms with Crippen molar-refractivity contribution in [2.24, 2.45) is 0 Å². The van der Waals surface area contributed by atoms with Crippen molar-refractivity contribution in [3.8, 4) is 11.5 Å². The van der Waals surface area contributed by atoms with Crippen LogP contribution >= 0.6 is 0 Å². The topological polar surface area (TPSA) is 87.4 Å². The van der Waals surface area contributed by atoms with E-state index in [1.807, 2.05) is 31.2 Å². The minimum Gasteiger partial charge on any atom is -0.493 e. The highest BCUT2D eigenvalue weighted by atomic mass is 16.5. The van der Waals surface area contributed by atoms with Gasteiger partial charge in [0.25, 0.3) is 0 Å². The van der Waals surface area contributed by atoms with E-state index in [4.69, 9.17) is 9.47 Å². The molecule has 0 spiro atoms. The van der Waals surface area contributed by atoms with Crippen LogP contribution in [0.5, 0.6) is 11.5 Å². The Balaban J connectivity index is 1.56. The first kappa shape index (κ1) is 21.9. The fraction of sp³-hybridized carbons (Fsp3) is 0.458. The van der Waals surface area contributed by atoms with Crippen LogP contribution in [-0.4, -0.2) is 34.2 Å². The molecule has 1 fully saturated rings. The molecular formula is C24H30N4O4. The van der Waals surface area contributed by atoms with Crippen molar-refractivity contribution in [3.63, 3.8) is 0 Å². The first-order valence-electron chi connectivity index (χ1n) is 11.1. The molecule has 0 bridgehead atoms. The van der Waals surface area contributed by atoms with Crippen LogP contribution in [0.2, 0.25) is 0 Å². The molecule has 2 aromatic heterocycles. The number of carbonyl (C=O) groups is 1. The predicted molar refractivity (Wildman–Crippen MR) is 122 cm³/mol. The number of hydrogen-bond donors (Lipinski definition) is 1. The van der Waals surface area contributed by atoms with Gasteiger partial charge in [0, 0.05) is 12.2 Å². The lowest BCUT2D eigenvalue weighted by Crippen LogP contribution is -2.35. The number of imidazole rings is 1. The van der Waals surface area contributed by atoms with Crippen LogP contribution in [0.1, 0.15) is 56.7 Å². The van der Waals surface area contributed by atoms with Gasteiger partial charge in [-0.15, -0.1) is 0 Å². The molecule has 2 heterocycles. The molecule has 0 saturated heterocycles. The fourth-order valence-electron chi connectivity index (χ4n) is 4.57. The predicted octanol–water partition coefficient (Wildman–Crippen LogP) is 3.60. The summed E-state index contributed by atoms with van der Waals surface area (Å²) < 4.78 is 14.0. The molecule has 1 aliphatic rings. The summed E-state index contributed by atoms with van der Waals surface area (Å²) in [6.07, 6.45) is 7.06. The Labute approximate surface area is 187 Å². The second kappa shape index (κ2) is 9.46. The summed E-state index contributed by atoms with van der Waals surface area (Å²) in [5.41, 5.74) is 2.07. The average Bonchev–Trinajstić information content (AvgIpc) is 3.10.